The molecule has 0 amide bonds. The first-order valence-corrected chi connectivity index (χ1v) is 11.7. The van der Waals surface area contributed by atoms with Gasteiger partial charge in [-0.15, -0.1) is 10.2 Å². The maximum absolute atomic E-state index is 4.57. The Morgan fingerprint density at radius 1 is 0.806 bits per heavy atom. The topological polar surface area (TPSA) is 51.8 Å². The second-order valence-electron chi connectivity index (χ2n) is 7.86. The van der Waals surface area contributed by atoms with Gasteiger partial charge in [0, 0.05) is 18.1 Å². The zero-order chi connectivity index (χ0) is 20.9. The van der Waals surface area contributed by atoms with Crippen LogP contribution in [0.4, 0.5) is 0 Å². The summed E-state index contributed by atoms with van der Waals surface area (Å²) in [7, 11) is 0. The van der Waals surface area contributed by atoms with Crippen molar-refractivity contribution in [1.29, 1.82) is 0 Å². The van der Waals surface area contributed by atoms with E-state index in [-0.39, 0.29) is 0 Å². The van der Waals surface area contributed by atoms with Crippen LogP contribution in [0.5, 0.6) is 0 Å². The third-order valence-electron chi connectivity index (χ3n) is 5.61. The summed E-state index contributed by atoms with van der Waals surface area (Å²) in [5.74, 6) is 1.91. The van der Waals surface area contributed by atoms with E-state index in [1.54, 1.807) is 18.0 Å². The maximum Gasteiger partial charge on any atom is 0.191 e. The molecular weight excluding hydrogens is 404 g/mol. The molecule has 1 aliphatic heterocycles. The number of thioether (sulfide) groups is 1. The van der Waals surface area contributed by atoms with Crippen molar-refractivity contribution in [3.63, 3.8) is 0 Å². The summed E-state index contributed by atoms with van der Waals surface area (Å²) in [5.41, 5.74) is 3.60. The standard InChI is InChI=1S/C24H26N6S/c1-2-7-20(8-3-1)17-29-23(18-28-14-4-5-15-28)26-27-24(29)31-19-21-9-11-22(12-10-21)30-16-6-13-25-30/h1-3,6-13,16H,4-5,14-15,17-19H2. The number of nitrogens with zero attached hydrogens (tertiary/aromatic N) is 6. The van der Waals surface area contributed by atoms with E-state index in [1.807, 2.05) is 16.9 Å². The van der Waals surface area contributed by atoms with Gasteiger partial charge in [-0.1, -0.05) is 54.2 Å². The predicted molar refractivity (Wildman–Crippen MR) is 123 cm³/mol. The summed E-state index contributed by atoms with van der Waals surface area (Å²) in [6.07, 6.45) is 6.31. The number of hydrogen-bond acceptors (Lipinski definition) is 5. The molecule has 158 valence electrons. The van der Waals surface area contributed by atoms with Gasteiger partial charge in [0.25, 0.3) is 0 Å². The van der Waals surface area contributed by atoms with E-state index in [1.165, 1.54) is 24.0 Å². The van der Waals surface area contributed by atoms with Crippen molar-refractivity contribution < 1.29 is 0 Å². The normalized spacial score (nSPS) is 14.3. The molecule has 1 saturated heterocycles. The van der Waals surface area contributed by atoms with Gasteiger partial charge in [-0.05, 0) is 55.3 Å². The van der Waals surface area contributed by atoms with E-state index < -0.39 is 0 Å². The van der Waals surface area contributed by atoms with Crippen LogP contribution < -0.4 is 0 Å². The van der Waals surface area contributed by atoms with E-state index in [2.05, 4.69) is 79.4 Å². The first-order valence-electron chi connectivity index (χ1n) is 10.8. The smallest absolute Gasteiger partial charge is 0.191 e. The third kappa shape index (κ3) is 4.89. The number of rotatable bonds is 8. The molecule has 2 aromatic carbocycles. The summed E-state index contributed by atoms with van der Waals surface area (Å²) < 4.78 is 4.16. The van der Waals surface area contributed by atoms with Crippen LogP contribution in [0.25, 0.3) is 5.69 Å². The maximum atomic E-state index is 4.57. The van der Waals surface area contributed by atoms with Crippen molar-refractivity contribution in [3.8, 4) is 5.69 Å². The third-order valence-corrected chi connectivity index (χ3v) is 6.65. The molecule has 6 nitrogen and oxygen atoms in total. The first kappa shape index (κ1) is 20.0. The Labute approximate surface area is 186 Å². The Morgan fingerprint density at radius 3 is 2.35 bits per heavy atom. The minimum atomic E-state index is 0.803. The Morgan fingerprint density at radius 2 is 1.61 bits per heavy atom. The average Bonchev–Trinajstić information content (AvgIpc) is 3.58. The van der Waals surface area contributed by atoms with Gasteiger partial charge < -0.3 is 4.57 Å². The average molecular weight is 431 g/mol. The van der Waals surface area contributed by atoms with Crippen molar-refractivity contribution in [2.45, 2.75) is 36.8 Å². The fourth-order valence-corrected chi connectivity index (χ4v) is 4.84. The lowest BCUT2D eigenvalue weighted by Crippen LogP contribution is -2.21. The highest BCUT2D eigenvalue weighted by atomic mass is 32.2. The molecule has 7 heteroatoms. The fraction of sp³-hybridized carbons (Fsp3) is 0.292. The van der Waals surface area contributed by atoms with Crippen molar-refractivity contribution >= 4 is 11.8 Å². The Hall–Kier alpha value is -2.90. The molecule has 0 aliphatic carbocycles. The van der Waals surface area contributed by atoms with E-state index in [9.17, 15) is 0 Å². The van der Waals surface area contributed by atoms with Crippen LogP contribution in [-0.4, -0.2) is 42.5 Å². The van der Waals surface area contributed by atoms with Crippen molar-refractivity contribution in [2.75, 3.05) is 13.1 Å². The van der Waals surface area contributed by atoms with Gasteiger partial charge in [-0.25, -0.2) is 4.68 Å². The second-order valence-corrected chi connectivity index (χ2v) is 8.80. The van der Waals surface area contributed by atoms with Crippen LogP contribution in [0.2, 0.25) is 0 Å². The highest BCUT2D eigenvalue weighted by Crippen LogP contribution is 2.25. The lowest BCUT2D eigenvalue weighted by molar-refractivity contribution is 0.316. The highest BCUT2D eigenvalue weighted by molar-refractivity contribution is 7.98. The minimum absolute atomic E-state index is 0.803. The zero-order valence-corrected chi connectivity index (χ0v) is 18.3. The highest BCUT2D eigenvalue weighted by Gasteiger charge is 2.18. The van der Waals surface area contributed by atoms with Gasteiger partial charge in [0.05, 0.1) is 18.8 Å². The van der Waals surface area contributed by atoms with Crippen molar-refractivity contribution in [3.05, 3.63) is 90.0 Å². The molecule has 31 heavy (non-hydrogen) atoms. The Balaban J connectivity index is 1.32. The number of likely N-dealkylation sites (tertiary alicyclic amines) is 1. The van der Waals surface area contributed by atoms with Crippen LogP contribution in [0.1, 0.15) is 29.8 Å². The first-order chi connectivity index (χ1) is 15.3. The van der Waals surface area contributed by atoms with Gasteiger partial charge >= 0.3 is 0 Å². The van der Waals surface area contributed by atoms with Gasteiger partial charge in [-0.3, -0.25) is 4.90 Å². The number of hydrogen-bond donors (Lipinski definition) is 0. The summed E-state index contributed by atoms with van der Waals surface area (Å²) in [5, 5.41) is 14.4. The molecule has 4 aromatic rings. The van der Waals surface area contributed by atoms with Gasteiger partial charge in [-0.2, -0.15) is 5.10 Å². The predicted octanol–water partition coefficient (Wildman–Crippen LogP) is 4.40. The van der Waals surface area contributed by atoms with Gasteiger partial charge in [0.15, 0.2) is 5.16 Å². The van der Waals surface area contributed by atoms with Crippen LogP contribution in [0, 0.1) is 0 Å². The van der Waals surface area contributed by atoms with Crippen molar-refractivity contribution in [2.24, 2.45) is 0 Å². The van der Waals surface area contributed by atoms with E-state index in [0.29, 0.717) is 0 Å². The summed E-state index contributed by atoms with van der Waals surface area (Å²) in [4.78, 5) is 2.48. The van der Waals surface area contributed by atoms with Crippen LogP contribution >= 0.6 is 11.8 Å². The molecule has 0 saturated carbocycles. The van der Waals surface area contributed by atoms with Crippen LogP contribution in [0.15, 0.2) is 78.2 Å². The van der Waals surface area contributed by atoms with E-state index in [0.717, 1.165) is 48.6 Å². The zero-order valence-electron chi connectivity index (χ0n) is 17.5. The van der Waals surface area contributed by atoms with E-state index in [4.69, 9.17) is 0 Å². The number of benzene rings is 2. The second kappa shape index (κ2) is 9.49. The molecule has 0 spiro atoms. The molecule has 1 fully saturated rings. The minimum Gasteiger partial charge on any atom is -0.300 e. The molecule has 0 N–H and O–H groups in total. The number of aromatic nitrogens is 5. The van der Waals surface area contributed by atoms with Gasteiger partial charge in [0.2, 0.25) is 0 Å². The molecule has 0 atom stereocenters. The van der Waals surface area contributed by atoms with Crippen LogP contribution in [-0.2, 0) is 18.8 Å². The molecule has 5 rings (SSSR count). The molecule has 0 unspecified atom stereocenters. The fourth-order valence-electron chi connectivity index (χ4n) is 3.92. The Kier molecular flexibility index (Phi) is 6.13. The molecule has 0 radical (unpaired) electrons. The molecule has 0 bridgehead atoms. The summed E-state index contributed by atoms with van der Waals surface area (Å²) in [6.45, 7) is 3.99. The van der Waals surface area contributed by atoms with E-state index >= 15 is 0 Å². The lowest BCUT2D eigenvalue weighted by atomic mass is 10.2. The SMILES string of the molecule is c1ccc(Cn2c(CN3CCCC3)nnc2SCc2ccc(-n3cccn3)cc2)cc1. The molecule has 2 aromatic heterocycles. The largest absolute Gasteiger partial charge is 0.300 e. The molecule has 3 heterocycles. The quantitative estimate of drug-likeness (QED) is 0.388. The molecule has 1 aliphatic rings. The lowest BCUT2D eigenvalue weighted by Gasteiger charge is -2.16. The summed E-state index contributed by atoms with van der Waals surface area (Å²) in [6, 6.07) is 21.0. The summed E-state index contributed by atoms with van der Waals surface area (Å²) >= 11 is 1.75. The Bertz CT molecular complexity index is 1080. The van der Waals surface area contributed by atoms with Crippen molar-refractivity contribution in [1.82, 2.24) is 29.4 Å². The van der Waals surface area contributed by atoms with Gasteiger partial charge in [0.1, 0.15) is 5.82 Å². The van der Waals surface area contributed by atoms with Crippen LogP contribution in [0.3, 0.4) is 0 Å². The monoisotopic (exact) mass is 430 g/mol. The molecular formula is C24H26N6S.